The maximum atomic E-state index is 12.0. The summed E-state index contributed by atoms with van der Waals surface area (Å²) in [6, 6.07) is 0. The van der Waals surface area contributed by atoms with Crippen molar-refractivity contribution in [1.29, 1.82) is 0 Å². The minimum atomic E-state index is -4.64. The van der Waals surface area contributed by atoms with E-state index in [1.165, 1.54) is 0 Å². The van der Waals surface area contributed by atoms with Gasteiger partial charge in [0, 0.05) is 13.0 Å². The molecule has 0 fully saturated rings. The first kappa shape index (κ1) is 16.2. The molecule has 1 atom stereocenters. The van der Waals surface area contributed by atoms with E-state index in [1.807, 2.05) is 13.8 Å². The molecule has 0 heterocycles. The lowest BCUT2D eigenvalue weighted by molar-refractivity contribution is -0.138. The van der Waals surface area contributed by atoms with Gasteiger partial charge in [0.1, 0.15) is 0 Å². The van der Waals surface area contributed by atoms with Crippen LogP contribution in [0.1, 0.15) is 26.7 Å². The average Bonchev–Trinajstić information content (AvgIpc) is 2.12. The molecule has 0 aromatic carbocycles. The Balaban J connectivity index is 4.40. The van der Waals surface area contributed by atoms with Crippen LogP contribution in [-0.4, -0.2) is 31.8 Å². The molecule has 8 heteroatoms. The van der Waals surface area contributed by atoms with Crippen LogP contribution in [0.3, 0.4) is 0 Å². The van der Waals surface area contributed by atoms with E-state index in [-0.39, 0.29) is 18.9 Å². The first-order chi connectivity index (χ1) is 7.65. The van der Waals surface area contributed by atoms with E-state index in [0.29, 0.717) is 6.42 Å². The van der Waals surface area contributed by atoms with Crippen LogP contribution >= 0.6 is 0 Å². The molecule has 0 amide bonds. The topological polar surface area (TPSA) is 83.5 Å². The Kier molecular flexibility index (Phi) is 6.54. The second-order valence-electron chi connectivity index (χ2n) is 4.25. The molecule has 102 valence electrons. The highest BCUT2D eigenvalue weighted by atomic mass is 32.2. The third kappa shape index (κ3) is 7.22. The predicted molar refractivity (Wildman–Crippen MR) is 58.1 cm³/mol. The van der Waals surface area contributed by atoms with Gasteiger partial charge in [-0.25, -0.2) is 13.1 Å². The summed E-state index contributed by atoms with van der Waals surface area (Å²) in [6.07, 6.45) is 0.210. The fourth-order valence-corrected chi connectivity index (χ4v) is 2.04. The summed E-state index contributed by atoms with van der Waals surface area (Å²) in [4.78, 5) is 10.5. The van der Waals surface area contributed by atoms with Crippen LogP contribution < -0.4 is 4.72 Å². The molecular weight excluding hydrogens is 256 g/mol. The van der Waals surface area contributed by atoms with E-state index in [9.17, 15) is 22.0 Å². The van der Waals surface area contributed by atoms with Gasteiger partial charge in [-0.05, 0) is 18.3 Å². The van der Waals surface area contributed by atoms with Crippen molar-refractivity contribution in [2.24, 2.45) is 11.8 Å². The molecule has 0 unspecified atom stereocenters. The summed E-state index contributed by atoms with van der Waals surface area (Å²) in [7, 11) is -4.64. The van der Waals surface area contributed by atoms with Gasteiger partial charge in [0.05, 0.1) is 0 Å². The number of nitrogens with one attached hydrogen (secondary N) is 1. The molecular formula is C9H17F2NO4S. The largest absolute Gasteiger partial charge is 0.481 e. The third-order valence-corrected chi connectivity index (χ3v) is 3.11. The molecule has 0 aromatic heterocycles. The Labute approximate surface area is 99.3 Å². The number of halogens is 2. The number of hydrogen-bond acceptors (Lipinski definition) is 3. The summed E-state index contributed by atoms with van der Waals surface area (Å²) >= 11 is 0. The zero-order chi connectivity index (χ0) is 13.6. The van der Waals surface area contributed by atoms with Crippen molar-refractivity contribution in [3.05, 3.63) is 0 Å². The minimum absolute atomic E-state index is 0.162. The monoisotopic (exact) mass is 273 g/mol. The van der Waals surface area contributed by atoms with Crippen molar-refractivity contribution in [1.82, 2.24) is 4.72 Å². The Bertz CT molecular complexity index is 343. The van der Waals surface area contributed by atoms with Crippen molar-refractivity contribution < 1.29 is 27.1 Å². The smallest absolute Gasteiger partial charge is 0.350 e. The third-order valence-electron chi connectivity index (χ3n) is 2.08. The molecule has 0 aromatic rings. The van der Waals surface area contributed by atoms with Gasteiger partial charge < -0.3 is 5.11 Å². The van der Waals surface area contributed by atoms with Crippen LogP contribution in [0.25, 0.3) is 0 Å². The summed E-state index contributed by atoms with van der Waals surface area (Å²) in [5, 5.41) is 8.61. The highest BCUT2D eigenvalue weighted by Gasteiger charge is 2.25. The minimum Gasteiger partial charge on any atom is -0.481 e. The number of rotatable bonds is 8. The number of aliphatic carboxylic acids is 1. The lowest BCUT2D eigenvalue weighted by Crippen LogP contribution is -2.34. The average molecular weight is 273 g/mol. The van der Waals surface area contributed by atoms with Crippen molar-refractivity contribution in [2.75, 3.05) is 6.54 Å². The predicted octanol–water partition coefficient (Wildman–Crippen LogP) is 1.27. The van der Waals surface area contributed by atoms with Gasteiger partial charge in [-0.2, -0.15) is 8.78 Å². The summed E-state index contributed by atoms with van der Waals surface area (Å²) in [5.41, 5.74) is 0. The van der Waals surface area contributed by atoms with Gasteiger partial charge in [-0.1, -0.05) is 13.8 Å². The Morgan fingerprint density at radius 2 is 1.88 bits per heavy atom. The maximum absolute atomic E-state index is 12.0. The fraction of sp³-hybridized carbons (Fsp3) is 0.889. The number of hydrogen-bond donors (Lipinski definition) is 2. The van der Waals surface area contributed by atoms with Gasteiger partial charge in [0.25, 0.3) is 10.0 Å². The molecule has 0 aliphatic heterocycles. The van der Waals surface area contributed by atoms with Gasteiger partial charge in [0.2, 0.25) is 0 Å². The molecule has 0 bridgehead atoms. The van der Waals surface area contributed by atoms with Crippen molar-refractivity contribution in [3.8, 4) is 0 Å². The normalized spacial score (nSPS) is 14.2. The molecule has 0 radical (unpaired) electrons. The molecule has 0 aliphatic carbocycles. The number of carboxylic acids is 1. The van der Waals surface area contributed by atoms with Crippen molar-refractivity contribution >= 4 is 16.0 Å². The zero-order valence-electron chi connectivity index (χ0n) is 9.69. The van der Waals surface area contributed by atoms with Crippen LogP contribution in [0.5, 0.6) is 0 Å². The molecule has 0 saturated heterocycles. The van der Waals surface area contributed by atoms with Gasteiger partial charge in [-0.3, -0.25) is 4.79 Å². The number of alkyl halides is 2. The van der Waals surface area contributed by atoms with Crippen molar-refractivity contribution in [3.63, 3.8) is 0 Å². The quantitative estimate of drug-likeness (QED) is 0.697. The number of carbonyl (C=O) groups is 1. The van der Waals surface area contributed by atoms with Gasteiger partial charge in [0.15, 0.2) is 0 Å². The zero-order valence-corrected chi connectivity index (χ0v) is 10.5. The van der Waals surface area contributed by atoms with Crippen LogP contribution in [0.2, 0.25) is 0 Å². The molecule has 17 heavy (non-hydrogen) atoms. The van der Waals surface area contributed by atoms with E-state index < -0.39 is 27.7 Å². The summed E-state index contributed by atoms with van der Waals surface area (Å²) in [5.74, 6) is -4.89. The van der Waals surface area contributed by atoms with E-state index in [1.54, 1.807) is 4.72 Å². The van der Waals surface area contributed by atoms with Crippen LogP contribution in [-0.2, 0) is 14.8 Å². The van der Waals surface area contributed by atoms with E-state index >= 15 is 0 Å². The molecule has 0 spiro atoms. The van der Waals surface area contributed by atoms with Crippen molar-refractivity contribution in [2.45, 2.75) is 32.4 Å². The first-order valence-corrected chi connectivity index (χ1v) is 6.68. The molecule has 5 nitrogen and oxygen atoms in total. The lowest BCUT2D eigenvalue weighted by atomic mass is 9.94. The molecule has 2 N–H and O–H groups in total. The SMILES string of the molecule is CC(C)C[C@H](CNS(=O)(=O)C(F)F)CC(=O)O. The van der Waals surface area contributed by atoms with Gasteiger partial charge >= 0.3 is 11.7 Å². The van der Waals surface area contributed by atoms with Crippen LogP contribution in [0, 0.1) is 11.8 Å². The maximum Gasteiger partial charge on any atom is 0.350 e. The second-order valence-corrected chi connectivity index (χ2v) is 5.98. The summed E-state index contributed by atoms with van der Waals surface area (Å²) in [6.45, 7) is 3.41. The van der Waals surface area contributed by atoms with E-state index in [2.05, 4.69) is 0 Å². The highest BCUT2D eigenvalue weighted by molar-refractivity contribution is 7.89. The Morgan fingerprint density at radius 1 is 1.35 bits per heavy atom. The first-order valence-electron chi connectivity index (χ1n) is 5.13. The van der Waals surface area contributed by atoms with Crippen LogP contribution in [0.15, 0.2) is 0 Å². The van der Waals surface area contributed by atoms with Gasteiger partial charge in [-0.15, -0.1) is 0 Å². The molecule has 0 aliphatic rings. The molecule has 0 saturated carbocycles. The fourth-order valence-electron chi connectivity index (χ4n) is 1.45. The standard InChI is InChI=1S/C9H17F2NO4S/c1-6(2)3-7(4-8(13)14)5-12-17(15,16)9(10)11/h6-7,9,12H,3-5H2,1-2H3,(H,13,14)/t7-/m0/s1. The number of sulfonamides is 1. The van der Waals surface area contributed by atoms with E-state index in [4.69, 9.17) is 5.11 Å². The Morgan fingerprint density at radius 3 is 2.24 bits per heavy atom. The van der Waals surface area contributed by atoms with E-state index in [0.717, 1.165) is 0 Å². The Hall–Kier alpha value is -0.760. The lowest BCUT2D eigenvalue weighted by Gasteiger charge is -2.17. The second kappa shape index (κ2) is 6.85. The number of carboxylic acid groups (broad SMARTS) is 1. The highest BCUT2D eigenvalue weighted by Crippen LogP contribution is 2.15. The molecule has 0 rings (SSSR count). The summed E-state index contributed by atoms with van der Waals surface area (Å²) < 4.78 is 47.4. The van der Waals surface area contributed by atoms with Crippen LogP contribution in [0.4, 0.5) is 8.78 Å².